The first kappa shape index (κ1) is 22.3. The number of para-hydroxylation sites is 2. The molecule has 0 spiro atoms. The van der Waals surface area contributed by atoms with Gasteiger partial charge in [-0.2, -0.15) is 0 Å². The lowest BCUT2D eigenvalue weighted by Gasteiger charge is -2.14. The highest BCUT2D eigenvalue weighted by Crippen LogP contribution is 2.31. The quantitative estimate of drug-likeness (QED) is 0.321. The lowest BCUT2D eigenvalue weighted by Crippen LogP contribution is -2.13. The third-order valence-corrected chi connectivity index (χ3v) is 4.84. The number of amides is 1. The zero-order chi connectivity index (χ0) is 22.4. The van der Waals surface area contributed by atoms with Gasteiger partial charge in [-0.05, 0) is 78.0 Å². The normalized spacial score (nSPS) is 10.3. The van der Waals surface area contributed by atoms with Crippen LogP contribution < -0.4 is 10.1 Å². The van der Waals surface area contributed by atoms with E-state index in [0.717, 1.165) is 3.57 Å². The number of ether oxygens (including phenoxy) is 2. The smallest absolute Gasteiger partial charge is 0.339 e. The van der Waals surface area contributed by atoms with Crippen LogP contribution >= 0.6 is 22.6 Å². The Balaban J connectivity index is 1.87. The molecule has 3 aromatic carbocycles. The summed E-state index contributed by atoms with van der Waals surface area (Å²) in [6.07, 6.45) is 0. The Bertz CT molecular complexity index is 1140. The molecule has 3 rings (SSSR count). The molecule has 0 aliphatic heterocycles. The monoisotopic (exact) mass is 531 g/mol. The first-order valence-corrected chi connectivity index (χ1v) is 10.3. The van der Waals surface area contributed by atoms with Crippen LogP contribution in [0.3, 0.4) is 0 Å². The Kier molecular flexibility index (Phi) is 7.24. The molecule has 31 heavy (non-hydrogen) atoms. The Morgan fingerprint density at radius 2 is 1.74 bits per heavy atom. The molecule has 1 amide bonds. The third-order valence-electron chi connectivity index (χ3n) is 4.17. The van der Waals surface area contributed by atoms with Gasteiger partial charge < -0.3 is 19.9 Å². The van der Waals surface area contributed by atoms with E-state index in [9.17, 15) is 19.5 Å². The van der Waals surface area contributed by atoms with Gasteiger partial charge in [0.25, 0.3) is 5.91 Å². The first-order chi connectivity index (χ1) is 14.9. The van der Waals surface area contributed by atoms with Crippen LogP contribution in [0.1, 0.15) is 38.0 Å². The molecular weight excluding hydrogens is 513 g/mol. The molecule has 0 fully saturated rings. The second kappa shape index (κ2) is 10.1. The standard InChI is InChI=1S/C23H18INO6/c1-2-30-23(29)17-11-10-16(13-18(17)22(27)28)31-20-9-4-3-8-19(20)25-21(26)14-6-5-7-15(24)12-14/h3-13H,2H2,1H3,(H,25,26)(H,27,28). The molecule has 0 atom stereocenters. The number of hydrogen-bond donors (Lipinski definition) is 2. The van der Waals surface area contributed by atoms with E-state index >= 15 is 0 Å². The van der Waals surface area contributed by atoms with E-state index in [0.29, 0.717) is 17.0 Å². The van der Waals surface area contributed by atoms with Gasteiger partial charge in [-0.25, -0.2) is 9.59 Å². The van der Waals surface area contributed by atoms with Crippen molar-refractivity contribution >= 4 is 46.1 Å². The number of anilines is 1. The van der Waals surface area contributed by atoms with Crippen molar-refractivity contribution in [3.8, 4) is 11.5 Å². The molecule has 0 heterocycles. The number of esters is 1. The molecule has 0 radical (unpaired) electrons. The maximum absolute atomic E-state index is 12.6. The zero-order valence-electron chi connectivity index (χ0n) is 16.4. The van der Waals surface area contributed by atoms with Crippen molar-refractivity contribution in [1.82, 2.24) is 0 Å². The predicted molar refractivity (Wildman–Crippen MR) is 123 cm³/mol. The topological polar surface area (TPSA) is 102 Å². The summed E-state index contributed by atoms with van der Waals surface area (Å²) < 4.78 is 11.7. The fraction of sp³-hybridized carbons (Fsp3) is 0.0870. The molecule has 0 saturated carbocycles. The Labute approximate surface area is 192 Å². The molecule has 158 valence electrons. The largest absolute Gasteiger partial charge is 0.478 e. The number of carboxylic acids is 1. The predicted octanol–water partition coefficient (Wildman–Crippen LogP) is 5.21. The van der Waals surface area contributed by atoms with Gasteiger partial charge in [0.05, 0.1) is 23.4 Å². The fourth-order valence-corrected chi connectivity index (χ4v) is 3.30. The number of aromatic carboxylic acids is 1. The molecule has 0 bridgehead atoms. The van der Waals surface area contributed by atoms with Gasteiger partial charge in [0, 0.05) is 9.13 Å². The van der Waals surface area contributed by atoms with E-state index in [1.807, 2.05) is 6.07 Å². The van der Waals surface area contributed by atoms with Gasteiger partial charge in [-0.3, -0.25) is 4.79 Å². The van der Waals surface area contributed by atoms with Crippen LogP contribution in [0.15, 0.2) is 66.7 Å². The van der Waals surface area contributed by atoms with Crippen molar-refractivity contribution in [1.29, 1.82) is 0 Å². The number of carbonyl (C=O) groups is 3. The van der Waals surface area contributed by atoms with Gasteiger partial charge in [0.2, 0.25) is 0 Å². The van der Waals surface area contributed by atoms with Gasteiger partial charge in [-0.15, -0.1) is 0 Å². The number of rotatable bonds is 7. The second-order valence-corrected chi connectivity index (χ2v) is 7.54. The first-order valence-electron chi connectivity index (χ1n) is 9.27. The number of hydrogen-bond acceptors (Lipinski definition) is 5. The van der Waals surface area contributed by atoms with Gasteiger partial charge in [0.15, 0.2) is 5.75 Å². The van der Waals surface area contributed by atoms with Crippen molar-refractivity contribution in [3.05, 3.63) is 87.0 Å². The number of carboxylic acid groups (broad SMARTS) is 1. The van der Waals surface area contributed by atoms with Crippen molar-refractivity contribution < 1.29 is 29.0 Å². The minimum absolute atomic E-state index is 0.0676. The van der Waals surface area contributed by atoms with E-state index in [1.165, 1.54) is 18.2 Å². The molecule has 0 aliphatic carbocycles. The van der Waals surface area contributed by atoms with E-state index in [-0.39, 0.29) is 29.4 Å². The molecule has 0 aromatic heterocycles. The Hall–Kier alpha value is -3.40. The SMILES string of the molecule is CCOC(=O)c1ccc(Oc2ccccc2NC(=O)c2cccc(I)c2)cc1C(=O)O. The van der Waals surface area contributed by atoms with Crippen LogP contribution in [0.2, 0.25) is 0 Å². The Morgan fingerprint density at radius 1 is 0.968 bits per heavy atom. The summed E-state index contributed by atoms with van der Waals surface area (Å²) in [4.78, 5) is 36.2. The maximum atomic E-state index is 12.6. The number of halogens is 1. The van der Waals surface area contributed by atoms with E-state index in [1.54, 1.807) is 49.4 Å². The van der Waals surface area contributed by atoms with Gasteiger partial charge >= 0.3 is 11.9 Å². The highest BCUT2D eigenvalue weighted by Gasteiger charge is 2.19. The lowest BCUT2D eigenvalue weighted by atomic mass is 10.1. The number of carbonyl (C=O) groups excluding carboxylic acids is 2. The molecule has 8 heteroatoms. The number of nitrogens with one attached hydrogen (secondary N) is 1. The van der Waals surface area contributed by atoms with Crippen LogP contribution in [0.4, 0.5) is 5.69 Å². The molecule has 2 N–H and O–H groups in total. The third kappa shape index (κ3) is 5.60. The highest BCUT2D eigenvalue weighted by atomic mass is 127. The zero-order valence-corrected chi connectivity index (χ0v) is 18.6. The van der Waals surface area contributed by atoms with E-state index in [4.69, 9.17) is 9.47 Å². The number of benzene rings is 3. The summed E-state index contributed by atoms with van der Waals surface area (Å²) in [5.41, 5.74) is 0.602. The summed E-state index contributed by atoms with van der Waals surface area (Å²) in [6, 6.07) is 18.0. The average molecular weight is 531 g/mol. The van der Waals surface area contributed by atoms with Crippen molar-refractivity contribution in [2.24, 2.45) is 0 Å². The van der Waals surface area contributed by atoms with Gasteiger partial charge in [-0.1, -0.05) is 18.2 Å². The molecule has 7 nitrogen and oxygen atoms in total. The molecule has 3 aromatic rings. The minimum atomic E-state index is -1.28. The summed E-state index contributed by atoms with van der Waals surface area (Å²) >= 11 is 2.13. The molecule has 0 saturated heterocycles. The molecule has 0 unspecified atom stereocenters. The van der Waals surface area contributed by atoms with Crippen molar-refractivity contribution in [2.45, 2.75) is 6.92 Å². The van der Waals surface area contributed by atoms with E-state index in [2.05, 4.69) is 27.9 Å². The maximum Gasteiger partial charge on any atom is 0.339 e. The lowest BCUT2D eigenvalue weighted by molar-refractivity contribution is 0.0514. The second-order valence-electron chi connectivity index (χ2n) is 6.30. The highest BCUT2D eigenvalue weighted by molar-refractivity contribution is 14.1. The minimum Gasteiger partial charge on any atom is -0.478 e. The fourth-order valence-electron chi connectivity index (χ4n) is 2.76. The van der Waals surface area contributed by atoms with Crippen LogP contribution in [-0.2, 0) is 4.74 Å². The van der Waals surface area contributed by atoms with Crippen molar-refractivity contribution in [2.75, 3.05) is 11.9 Å². The molecule has 0 aliphatic rings. The van der Waals surface area contributed by atoms with Gasteiger partial charge in [0.1, 0.15) is 5.75 Å². The summed E-state index contributed by atoms with van der Waals surface area (Å²) in [5, 5.41) is 12.3. The summed E-state index contributed by atoms with van der Waals surface area (Å²) in [7, 11) is 0. The average Bonchev–Trinajstić information content (AvgIpc) is 2.75. The van der Waals surface area contributed by atoms with E-state index < -0.39 is 11.9 Å². The van der Waals surface area contributed by atoms with Crippen LogP contribution in [0.25, 0.3) is 0 Å². The summed E-state index contributed by atoms with van der Waals surface area (Å²) in [5.74, 6) is -1.80. The summed E-state index contributed by atoms with van der Waals surface area (Å²) in [6.45, 7) is 1.76. The van der Waals surface area contributed by atoms with Crippen LogP contribution in [0.5, 0.6) is 11.5 Å². The van der Waals surface area contributed by atoms with Crippen LogP contribution in [0, 0.1) is 3.57 Å². The van der Waals surface area contributed by atoms with Crippen LogP contribution in [-0.4, -0.2) is 29.6 Å². The van der Waals surface area contributed by atoms with Crippen molar-refractivity contribution in [3.63, 3.8) is 0 Å². The Morgan fingerprint density at radius 3 is 2.45 bits per heavy atom. The molecular formula is C23H18INO6.